The Bertz CT molecular complexity index is 964. The van der Waals surface area contributed by atoms with Crippen molar-refractivity contribution in [1.29, 1.82) is 0 Å². The standard InChI is InChI=1S/C16H9N3O2S2/c20-15-13(23-16(22)19-15)5-11-4-10-7-18-8-12(14(10)21-11)9-2-1-3-17-6-9/h1-8H,(H,19,20,22). The van der Waals surface area contributed by atoms with Crippen LogP contribution in [-0.2, 0) is 4.79 Å². The molecule has 0 radical (unpaired) electrons. The van der Waals surface area contributed by atoms with Crippen molar-refractivity contribution in [3.8, 4) is 11.1 Å². The number of furan rings is 1. The Kier molecular flexibility index (Phi) is 3.44. The second-order valence-corrected chi connectivity index (χ2v) is 6.57. The fourth-order valence-electron chi connectivity index (χ4n) is 2.33. The number of rotatable bonds is 2. The van der Waals surface area contributed by atoms with E-state index in [0.29, 0.717) is 20.6 Å². The van der Waals surface area contributed by atoms with Crippen molar-refractivity contribution in [2.24, 2.45) is 0 Å². The molecule has 1 fully saturated rings. The van der Waals surface area contributed by atoms with Crippen LogP contribution in [0.3, 0.4) is 0 Å². The highest BCUT2D eigenvalue weighted by molar-refractivity contribution is 8.26. The van der Waals surface area contributed by atoms with E-state index < -0.39 is 0 Å². The maximum Gasteiger partial charge on any atom is 0.263 e. The molecule has 0 atom stereocenters. The van der Waals surface area contributed by atoms with E-state index in [9.17, 15) is 4.79 Å². The van der Waals surface area contributed by atoms with Crippen molar-refractivity contribution in [3.05, 3.63) is 53.7 Å². The average molecular weight is 339 g/mol. The third-order valence-electron chi connectivity index (χ3n) is 3.33. The zero-order chi connectivity index (χ0) is 15.8. The lowest BCUT2D eigenvalue weighted by molar-refractivity contribution is -0.115. The minimum atomic E-state index is -0.203. The van der Waals surface area contributed by atoms with Crippen LogP contribution in [0.5, 0.6) is 0 Å². The summed E-state index contributed by atoms with van der Waals surface area (Å²) in [7, 11) is 0. The van der Waals surface area contributed by atoms with Gasteiger partial charge in [0.25, 0.3) is 5.91 Å². The maximum absolute atomic E-state index is 11.7. The largest absolute Gasteiger partial charge is 0.456 e. The number of nitrogens with one attached hydrogen (secondary N) is 1. The number of aromatic nitrogens is 2. The first-order valence-corrected chi connectivity index (χ1v) is 7.96. The summed E-state index contributed by atoms with van der Waals surface area (Å²) in [5, 5.41) is 3.45. The number of thiocarbonyl (C=S) groups is 1. The molecule has 0 aromatic carbocycles. The lowest BCUT2D eigenvalue weighted by Gasteiger charge is -2.00. The zero-order valence-corrected chi connectivity index (χ0v) is 13.3. The zero-order valence-electron chi connectivity index (χ0n) is 11.6. The topological polar surface area (TPSA) is 68.0 Å². The number of thioether (sulfide) groups is 1. The van der Waals surface area contributed by atoms with E-state index in [1.807, 2.05) is 18.2 Å². The van der Waals surface area contributed by atoms with Gasteiger partial charge < -0.3 is 9.73 Å². The number of carbonyl (C=O) groups is 1. The van der Waals surface area contributed by atoms with E-state index in [2.05, 4.69) is 15.3 Å². The molecule has 0 bridgehead atoms. The van der Waals surface area contributed by atoms with E-state index in [4.69, 9.17) is 16.6 Å². The van der Waals surface area contributed by atoms with Crippen LogP contribution < -0.4 is 5.32 Å². The fourth-order valence-corrected chi connectivity index (χ4v) is 3.36. The first-order valence-electron chi connectivity index (χ1n) is 6.73. The molecule has 0 saturated carbocycles. The van der Waals surface area contributed by atoms with E-state index in [1.165, 1.54) is 11.8 Å². The van der Waals surface area contributed by atoms with Gasteiger partial charge in [-0.3, -0.25) is 14.8 Å². The molecule has 5 nitrogen and oxygen atoms in total. The Morgan fingerprint density at radius 3 is 2.91 bits per heavy atom. The highest BCUT2D eigenvalue weighted by Gasteiger charge is 2.22. The van der Waals surface area contributed by atoms with Crippen LogP contribution in [0, 0.1) is 0 Å². The molecule has 3 aromatic heterocycles. The molecule has 7 heteroatoms. The van der Waals surface area contributed by atoms with Crippen LogP contribution >= 0.6 is 24.0 Å². The van der Waals surface area contributed by atoms with Crippen molar-refractivity contribution in [2.45, 2.75) is 0 Å². The van der Waals surface area contributed by atoms with Crippen molar-refractivity contribution in [2.75, 3.05) is 0 Å². The normalized spacial score (nSPS) is 16.3. The molecule has 0 aliphatic carbocycles. The summed E-state index contributed by atoms with van der Waals surface area (Å²) in [5.41, 5.74) is 2.50. The number of fused-ring (bicyclic) bond motifs is 1. The first-order chi connectivity index (χ1) is 11.2. The van der Waals surface area contributed by atoms with Crippen molar-refractivity contribution in [3.63, 3.8) is 0 Å². The van der Waals surface area contributed by atoms with Crippen molar-refractivity contribution < 1.29 is 9.21 Å². The number of nitrogens with zero attached hydrogens (tertiary/aromatic N) is 2. The van der Waals surface area contributed by atoms with Gasteiger partial charge in [0.05, 0.1) is 4.91 Å². The summed E-state index contributed by atoms with van der Waals surface area (Å²) >= 11 is 6.21. The third kappa shape index (κ3) is 2.64. The second-order valence-electron chi connectivity index (χ2n) is 4.85. The summed E-state index contributed by atoms with van der Waals surface area (Å²) in [6.45, 7) is 0. The predicted molar refractivity (Wildman–Crippen MR) is 93.5 cm³/mol. The van der Waals surface area contributed by atoms with E-state index in [-0.39, 0.29) is 5.91 Å². The summed E-state index contributed by atoms with van der Waals surface area (Å²) in [5.74, 6) is 0.381. The van der Waals surface area contributed by atoms with E-state index >= 15 is 0 Å². The molecule has 1 N–H and O–H groups in total. The SMILES string of the molecule is O=C1NC(=S)SC1=Cc1cc2cncc(-c3cccnc3)c2o1. The molecule has 1 amide bonds. The summed E-state index contributed by atoms with van der Waals surface area (Å²) in [6.07, 6.45) is 8.63. The minimum Gasteiger partial charge on any atom is -0.456 e. The smallest absolute Gasteiger partial charge is 0.263 e. The number of amides is 1. The van der Waals surface area contributed by atoms with Crippen molar-refractivity contribution >= 4 is 51.3 Å². The lowest BCUT2D eigenvalue weighted by Crippen LogP contribution is -2.17. The van der Waals surface area contributed by atoms with Crippen LogP contribution in [-0.4, -0.2) is 20.2 Å². The van der Waals surface area contributed by atoms with Crippen molar-refractivity contribution in [1.82, 2.24) is 15.3 Å². The molecule has 3 aromatic rings. The second kappa shape index (κ2) is 5.60. The molecule has 0 spiro atoms. The number of carbonyl (C=O) groups excluding carboxylic acids is 1. The molecule has 112 valence electrons. The van der Waals surface area contributed by atoms with Gasteiger partial charge in [-0.1, -0.05) is 30.0 Å². The highest BCUT2D eigenvalue weighted by Crippen LogP contribution is 2.32. The van der Waals surface area contributed by atoms with Gasteiger partial charge in [0, 0.05) is 47.4 Å². The molecule has 1 aliphatic heterocycles. The number of hydrogen-bond acceptors (Lipinski definition) is 6. The van der Waals surface area contributed by atoms with Crippen LogP contribution in [0.15, 0.2) is 52.3 Å². The first kappa shape index (κ1) is 14.1. The highest BCUT2D eigenvalue weighted by atomic mass is 32.2. The molecular weight excluding hydrogens is 330 g/mol. The van der Waals surface area contributed by atoms with Crippen LogP contribution in [0.2, 0.25) is 0 Å². The number of hydrogen-bond donors (Lipinski definition) is 1. The van der Waals surface area contributed by atoms with Gasteiger partial charge in [-0.25, -0.2) is 0 Å². The van der Waals surface area contributed by atoms with Gasteiger partial charge in [-0.15, -0.1) is 0 Å². The van der Waals surface area contributed by atoms with Gasteiger partial charge in [0.2, 0.25) is 0 Å². The molecule has 0 unspecified atom stereocenters. The van der Waals surface area contributed by atoms with Crippen LogP contribution in [0.4, 0.5) is 0 Å². The molecule has 4 rings (SSSR count). The van der Waals surface area contributed by atoms with E-state index in [0.717, 1.165) is 16.5 Å². The third-order valence-corrected chi connectivity index (χ3v) is 4.49. The Morgan fingerprint density at radius 2 is 2.17 bits per heavy atom. The molecule has 4 heterocycles. The summed E-state index contributed by atoms with van der Waals surface area (Å²) in [6, 6.07) is 5.66. The number of pyridine rings is 2. The lowest BCUT2D eigenvalue weighted by atomic mass is 10.1. The van der Waals surface area contributed by atoms with Gasteiger partial charge in [-0.05, 0) is 12.1 Å². The minimum absolute atomic E-state index is 0.203. The molecule has 1 saturated heterocycles. The molecule has 1 aliphatic rings. The fraction of sp³-hybridized carbons (Fsp3) is 0. The quantitative estimate of drug-likeness (QED) is 0.570. The molecule has 23 heavy (non-hydrogen) atoms. The van der Waals surface area contributed by atoms with Gasteiger partial charge in [0.1, 0.15) is 15.7 Å². The average Bonchev–Trinajstić information content (AvgIpc) is 3.10. The maximum atomic E-state index is 11.7. The Balaban J connectivity index is 1.82. The van der Waals surface area contributed by atoms with E-state index in [1.54, 1.807) is 30.9 Å². The predicted octanol–water partition coefficient (Wildman–Crippen LogP) is 3.38. The summed E-state index contributed by atoms with van der Waals surface area (Å²) < 4.78 is 6.37. The van der Waals surface area contributed by atoms with Crippen LogP contribution in [0.1, 0.15) is 5.76 Å². The van der Waals surface area contributed by atoms with Crippen LogP contribution in [0.25, 0.3) is 28.2 Å². The summed E-state index contributed by atoms with van der Waals surface area (Å²) in [4.78, 5) is 20.6. The monoisotopic (exact) mass is 339 g/mol. The van der Waals surface area contributed by atoms with Gasteiger partial charge >= 0.3 is 0 Å². The Hall–Kier alpha value is -2.51. The van der Waals surface area contributed by atoms with Gasteiger partial charge in [-0.2, -0.15) is 0 Å². The molecular formula is C16H9N3O2S2. The Labute approximate surface area is 140 Å². The van der Waals surface area contributed by atoms with Gasteiger partial charge in [0.15, 0.2) is 0 Å². The Morgan fingerprint density at radius 1 is 1.26 bits per heavy atom.